The van der Waals surface area contributed by atoms with E-state index in [1.807, 2.05) is 13.8 Å². The van der Waals surface area contributed by atoms with E-state index in [0.29, 0.717) is 17.8 Å². The molecule has 6 atom stereocenters. The third-order valence-corrected chi connectivity index (χ3v) is 5.51. The average Bonchev–Trinajstić information content (AvgIpc) is 2.27. The molecule has 0 aromatic heterocycles. The Labute approximate surface area is 110 Å². The van der Waals surface area contributed by atoms with E-state index >= 15 is 0 Å². The second-order valence-electron chi connectivity index (χ2n) is 6.91. The molecule has 104 valence electrons. The Hall–Kier alpha value is -0.570. The summed E-state index contributed by atoms with van der Waals surface area (Å²) in [5.74, 6) is 0.977. The number of hydrogen-bond acceptors (Lipinski definition) is 2. The molecule has 0 unspecified atom stereocenters. The van der Waals surface area contributed by atoms with E-state index in [4.69, 9.17) is 0 Å². The Bertz CT molecular complexity index is 324. The van der Waals surface area contributed by atoms with Gasteiger partial charge in [0.1, 0.15) is 0 Å². The second-order valence-corrected chi connectivity index (χ2v) is 6.91. The molecule has 2 saturated carbocycles. The third-order valence-electron chi connectivity index (χ3n) is 5.51. The molecule has 2 aliphatic carbocycles. The quantitative estimate of drug-likeness (QED) is 0.796. The van der Waals surface area contributed by atoms with E-state index in [0.717, 1.165) is 32.1 Å². The Balaban J connectivity index is 2.19. The highest BCUT2D eigenvalue weighted by molar-refractivity contribution is 5.69. The van der Waals surface area contributed by atoms with Gasteiger partial charge in [-0.3, -0.25) is 4.79 Å². The zero-order valence-electron chi connectivity index (χ0n) is 11.7. The summed E-state index contributed by atoms with van der Waals surface area (Å²) in [5, 5.41) is 19.5. The van der Waals surface area contributed by atoms with Gasteiger partial charge in [0.05, 0.1) is 11.5 Å². The van der Waals surface area contributed by atoms with Crippen molar-refractivity contribution >= 4 is 5.97 Å². The van der Waals surface area contributed by atoms with Crippen LogP contribution in [0.4, 0.5) is 0 Å². The lowest BCUT2D eigenvalue weighted by atomic mass is 9.56. The number of fused-ring (bicyclic) bond motifs is 1. The van der Waals surface area contributed by atoms with Crippen LogP contribution in [0.25, 0.3) is 0 Å². The predicted octanol–water partition coefficient (Wildman–Crippen LogP) is 2.92. The summed E-state index contributed by atoms with van der Waals surface area (Å²) in [6.07, 6.45) is 4.86. The maximum absolute atomic E-state index is 11.3. The number of carbonyl (C=O) groups is 1. The molecule has 0 saturated heterocycles. The standard InChI is InChI=1S/C15H26O3/c1-9-4-5-12(10(2)14(16)17)13-8-15(3,18)7-6-11(9)13/h9-13,18H,4-8H2,1-3H3,(H,16,17)/t9-,10-,11+,12+,13+,15-/m1/s1. The topological polar surface area (TPSA) is 57.5 Å². The maximum atomic E-state index is 11.3. The minimum Gasteiger partial charge on any atom is -0.481 e. The second kappa shape index (κ2) is 4.84. The minimum atomic E-state index is -0.682. The number of aliphatic hydroxyl groups is 1. The first-order chi connectivity index (χ1) is 8.32. The van der Waals surface area contributed by atoms with Crippen LogP contribution in [0.2, 0.25) is 0 Å². The molecular formula is C15H26O3. The van der Waals surface area contributed by atoms with Gasteiger partial charge in [0, 0.05) is 0 Å². The van der Waals surface area contributed by atoms with Gasteiger partial charge in [0.2, 0.25) is 0 Å². The molecule has 0 aliphatic heterocycles. The van der Waals surface area contributed by atoms with Gasteiger partial charge in [-0.25, -0.2) is 0 Å². The largest absolute Gasteiger partial charge is 0.481 e. The number of aliphatic carboxylic acids is 1. The van der Waals surface area contributed by atoms with Crippen LogP contribution in [-0.4, -0.2) is 21.8 Å². The fraction of sp³-hybridized carbons (Fsp3) is 0.933. The average molecular weight is 254 g/mol. The summed E-state index contributed by atoms with van der Waals surface area (Å²) in [6, 6.07) is 0. The van der Waals surface area contributed by atoms with Crippen molar-refractivity contribution in [1.29, 1.82) is 0 Å². The van der Waals surface area contributed by atoms with Crippen molar-refractivity contribution in [2.24, 2.45) is 29.6 Å². The molecule has 2 N–H and O–H groups in total. The number of carboxylic acid groups (broad SMARTS) is 1. The van der Waals surface area contributed by atoms with Gasteiger partial charge in [-0.15, -0.1) is 0 Å². The van der Waals surface area contributed by atoms with E-state index in [-0.39, 0.29) is 11.8 Å². The predicted molar refractivity (Wildman–Crippen MR) is 70.1 cm³/mol. The van der Waals surface area contributed by atoms with Crippen LogP contribution >= 0.6 is 0 Å². The van der Waals surface area contributed by atoms with Crippen LogP contribution in [0.15, 0.2) is 0 Å². The Kier molecular flexibility index (Phi) is 3.72. The lowest BCUT2D eigenvalue weighted by Gasteiger charge is -2.50. The first-order valence-corrected chi connectivity index (χ1v) is 7.27. The van der Waals surface area contributed by atoms with Gasteiger partial charge in [0.25, 0.3) is 0 Å². The van der Waals surface area contributed by atoms with E-state index in [1.54, 1.807) is 0 Å². The molecule has 0 amide bonds. The van der Waals surface area contributed by atoms with Crippen molar-refractivity contribution in [2.75, 3.05) is 0 Å². The van der Waals surface area contributed by atoms with E-state index < -0.39 is 11.6 Å². The first-order valence-electron chi connectivity index (χ1n) is 7.27. The van der Waals surface area contributed by atoms with Crippen LogP contribution in [0.3, 0.4) is 0 Å². The zero-order valence-corrected chi connectivity index (χ0v) is 11.7. The van der Waals surface area contributed by atoms with Crippen molar-refractivity contribution in [1.82, 2.24) is 0 Å². The van der Waals surface area contributed by atoms with Crippen LogP contribution in [0.5, 0.6) is 0 Å². The lowest BCUT2D eigenvalue weighted by molar-refractivity contribution is -0.147. The zero-order chi connectivity index (χ0) is 13.5. The fourth-order valence-corrected chi connectivity index (χ4v) is 4.32. The highest BCUT2D eigenvalue weighted by atomic mass is 16.4. The lowest BCUT2D eigenvalue weighted by Crippen LogP contribution is -2.46. The van der Waals surface area contributed by atoms with Crippen molar-refractivity contribution in [2.45, 2.75) is 58.5 Å². The van der Waals surface area contributed by atoms with Gasteiger partial charge in [-0.2, -0.15) is 0 Å². The van der Waals surface area contributed by atoms with Crippen LogP contribution in [0, 0.1) is 29.6 Å². The molecule has 0 aromatic rings. The molecule has 0 radical (unpaired) electrons. The first kappa shape index (κ1) is 13.9. The Morgan fingerprint density at radius 3 is 2.56 bits per heavy atom. The number of rotatable bonds is 2. The monoisotopic (exact) mass is 254 g/mol. The van der Waals surface area contributed by atoms with Gasteiger partial charge in [-0.1, -0.05) is 20.3 Å². The normalized spacial score (nSPS) is 46.2. The van der Waals surface area contributed by atoms with Crippen LogP contribution in [-0.2, 0) is 4.79 Å². The third kappa shape index (κ3) is 2.56. The number of hydrogen-bond donors (Lipinski definition) is 2. The summed E-state index contributed by atoms with van der Waals surface area (Å²) in [5.41, 5.74) is -0.589. The molecule has 0 heterocycles. The van der Waals surface area contributed by atoms with Crippen molar-refractivity contribution < 1.29 is 15.0 Å². The molecule has 0 spiro atoms. The van der Waals surface area contributed by atoms with Gasteiger partial charge >= 0.3 is 5.97 Å². The number of carboxylic acids is 1. The van der Waals surface area contributed by atoms with Crippen LogP contribution in [0.1, 0.15) is 52.9 Å². The highest BCUT2D eigenvalue weighted by Crippen LogP contribution is 2.51. The van der Waals surface area contributed by atoms with Gasteiger partial charge < -0.3 is 10.2 Å². The summed E-state index contributed by atoms with van der Waals surface area (Å²) >= 11 is 0. The van der Waals surface area contributed by atoms with Crippen molar-refractivity contribution in [3.8, 4) is 0 Å². The van der Waals surface area contributed by atoms with E-state index in [9.17, 15) is 15.0 Å². The highest BCUT2D eigenvalue weighted by Gasteiger charge is 2.47. The summed E-state index contributed by atoms with van der Waals surface area (Å²) in [4.78, 5) is 11.3. The molecule has 0 aromatic carbocycles. The molecule has 3 nitrogen and oxygen atoms in total. The minimum absolute atomic E-state index is 0.246. The summed E-state index contributed by atoms with van der Waals surface area (Å²) < 4.78 is 0. The van der Waals surface area contributed by atoms with Crippen LogP contribution < -0.4 is 0 Å². The van der Waals surface area contributed by atoms with Crippen molar-refractivity contribution in [3.63, 3.8) is 0 Å². The van der Waals surface area contributed by atoms with E-state index in [2.05, 4.69) is 6.92 Å². The van der Waals surface area contributed by atoms with Gasteiger partial charge in [-0.05, 0) is 56.3 Å². The molecule has 3 heteroatoms. The van der Waals surface area contributed by atoms with Crippen molar-refractivity contribution in [3.05, 3.63) is 0 Å². The molecular weight excluding hydrogens is 228 g/mol. The van der Waals surface area contributed by atoms with Gasteiger partial charge in [0.15, 0.2) is 0 Å². The molecule has 0 bridgehead atoms. The Morgan fingerprint density at radius 1 is 1.28 bits per heavy atom. The molecule has 2 rings (SSSR count). The molecule has 2 aliphatic rings. The Morgan fingerprint density at radius 2 is 1.94 bits per heavy atom. The van der Waals surface area contributed by atoms with E-state index in [1.165, 1.54) is 0 Å². The summed E-state index contributed by atoms with van der Waals surface area (Å²) in [7, 11) is 0. The molecule has 2 fully saturated rings. The maximum Gasteiger partial charge on any atom is 0.306 e. The molecule has 18 heavy (non-hydrogen) atoms. The fourth-order valence-electron chi connectivity index (χ4n) is 4.32. The smallest absolute Gasteiger partial charge is 0.306 e. The summed E-state index contributed by atoms with van der Waals surface area (Å²) in [6.45, 7) is 6.04. The SMILES string of the molecule is C[C@@H]1CC[C@@H]([C@@H](C)C(=O)O)[C@H]2C[C@](C)(O)CC[C@H]21.